The van der Waals surface area contributed by atoms with Crippen LogP contribution in [-0.2, 0) is 25.6 Å². The SMILES string of the molecule is C[C@H](COCc1ccccc1)[C@H](O)[C@@H](C)C(=O)[C@@H]1COC2(CCCCC2)O1. The van der Waals surface area contributed by atoms with Gasteiger partial charge in [-0.15, -0.1) is 0 Å². The van der Waals surface area contributed by atoms with E-state index in [1.54, 1.807) is 6.92 Å². The van der Waals surface area contributed by atoms with E-state index in [4.69, 9.17) is 14.2 Å². The molecule has 4 atom stereocenters. The van der Waals surface area contributed by atoms with Gasteiger partial charge in [-0.2, -0.15) is 0 Å². The molecule has 1 aliphatic heterocycles. The Morgan fingerprint density at radius 3 is 2.63 bits per heavy atom. The standard InChI is InChI=1S/C22H32O5/c1-16(13-25-14-18-9-5-3-6-10-18)20(23)17(2)21(24)19-15-26-22(27-19)11-7-4-8-12-22/h3,5-6,9-10,16-17,19-20,23H,4,7-8,11-15H2,1-2H3/t16-,17-,19+,20+/m1/s1. The summed E-state index contributed by atoms with van der Waals surface area (Å²) in [5.41, 5.74) is 1.09. The lowest BCUT2D eigenvalue weighted by molar-refractivity contribution is -0.190. The number of aliphatic hydroxyl groups is 1. The summed E-state index contributed by atoms with van der Waals surface area (Å²) in [5, 5.41) is 10.6. The molecule has 27 heavy (non-hydrogen) atoms. The van der Waals surface area contributed by atoms with Gasteiger partial charge in [0, 0.05) is 24.7 Å². The van der Waals surface area contributed by atoms with Crippen molar-refractivity contribution in [3.63, 3.8) is 0 Å². The van der Waals surface area contributed by atoms with Crippen LogP contribution in [0.1, 0.15) is 51.5 Å². The average molecular weight is 376 g/mol. The van der Waals surface area contributed by atoms with E-state index in [9.17, 15) is 9.90 Å². The van der Waals surface area contributed by atoms with Gasteiger partial charge in [0.25, 0.3) is 0 Å². The Hall–Kier alpha value is -1.27. The van der Waals surface area contributed by atoms with Gasteiger partial charge in [-0.1, -0.05) is 50.6 Å². The number of hydrogen-bond donors (Lipinski definition) is 1. The van der Waals surface area contributed by atoms with E-state index >= 15 is 0 Å². The van der Waals surface area contributed by atoms with Crippen molar-refractivity contribution in [3.05, 3.63) is 35.9 Å². The first-order chi connectivity index (χ1) is 13.0. The second-order valence-electron chi connectivity index (χ2n) is 8.05. The van der Waals surface area contributed by atoms with Gasteiger partial charge >= 0.3 is 0 Å². The number of ether oxygens (including phenoxy) is 3. The van der Waals surface area contributed by atoms with Crippen LogP contribution in [0.5, 0.6) is 0 Å². The summed E-state index contributed by atoms with van der Waals surface area (Å²) in [5.74, 6) is -1.28. The van der Waals surface area contributed by atoms with E-state index in [-0.39, 0.29) is 11.7 Å². The third-order valence-corrected chi connectivity index (χ3v) is 5.82. The zero-order chi connectivity index (χ0) is 19.3. The summed E-state index contributed by atoms with van der Waals surface area (Å²) in [6, 6.07) is 9.92. The summed E-state index contributed by atoms with van der Waals surface area (Å²) < 4.78 is 17.6. The minimum absolute atomic E-state index is 0.0696. The Bertz CT molecular complexity index is 596. The first kappa shape index (κ1) is 20.5. The third-order valence-electron chi connectivity index (χ3n) is 5.82. The second kappa shape index (κ2) is 9.28. The van der Waals surface area contributed by atoms with Gasteiger partial charge in [-0.3, -0.25) is 4.79 Å². The van der Waals surface area contributed by atoms with E-state index < -0.39 is 23.9 Å². The van der Waals surface area contributed by atoms with Crippen LogP contribution in [0.4, 0.5) is 0 Å². The molecule has 5 heteroatoms. The Kier molecular flexibility index (Phi) is 7.04. The molecule has 2 fully saturated rings. The molecule has 0 radical (unpaired) electrons. The van der Waals surface area contributed by atoms with Crippen molar-refractivity contribution in [2.45, 2.75) is 70.6 Å². The highest BCUT2D eigenvalue weighted by Gasteiger charge is 2.46. The molecule has 1 saturated carbocycles. The molecule has 3 rings (SSSR count). The lowest BCUT2D eigenvalue weighted by atomic mass is 9.88. The fourth-order valence-corrected chi connectivity index (χ4v) is 4.04. The molecule has 150 valence electrons. The fraction of sp³-hybridized carbons (Fsp3) is 0.682. The number of benzene rings is 1. The normalized spacial score (nSPS) is 25.2. The first-order valence-corrected chi connectivity index (χ1v) is 10.2. The molecule has 1 aliphatic carbocycles. The van der Waals surface area contributed by atoms with Crippen LogP contribution in [0, 0.1) is 11.8 Å². The van der Waals surface area contributed by atoms with Gasteiger partial charge in [0.15, 0.2) is 11.6 Å². The number of hydrogen-bond acceptors (Lipinski definition) is 5. The number of carbonyl (C=O) groups is 1. The predicted molar refractivity (Wildman–Crippen MR) is 102 cm³/mol. The zero-order valence-corrected chi connectivity index (χ0v) is 16.4. The van der Waals surface area contributed by atoms with Crippen molar-refractivity contribution in [2.75, 3.05) is 13.2 Å². The lowest BCUT2D eigenvalue weighted by Gasteiger charge is -2.32. The number of rotatable bonds is 8. The monoisotopic (exact) mass is 376 g/mol. The Morgan fingerprint density at radius 1 is 1.22 bits per heavy atom. The number of Topliss-reactive ketones (excluding diaryl/α,β-unsaturated/α-hetero) is 1. The maximum absolute atomic E-state index is 12.8. The largest absolute Gasteiger partial charge is 0.392 e. The van der Waals surface area contributed by atoms with Crippen LogP contribution in [0.15, 0.2) is 30.3 Å². The molecule has 5 nitrogen and oxygen atoms in total. The summed E-state index contributed by atoms with van der Waals surface area (Å²) in [6.45, 7) is 4.89. The Labute approximate surface area is 162 Å². The quantitative estimate of drug-likeness (QED) is 0.752. The van der Waals surface area contributed by atoms with Gasteiger partial charge in [-0.05, 0) is 18.4 Å². The molecule has 0 aromatic heterocycles. The number of aliphatic hydroxyl groups excluding tert-OH is 1. The molecular weight excluding hydrogens is 344 g/mol. The minimum Gasteiger partial charge on any atom is -0.392 e. The van der Waals surface area contributed by atoms with Crippen molar-refractivity contribution < 1.29 is 24.1 Å². The summed E-state index contributed by atoms with van der Waals surface area (Å²) in [6.07, 6.45) is 3.74. The fourth-order valence-electron chi connectivity index (χ4n) is 4.04. The van der Waals surface area contributed by atoms with Gasteiger partial charge in [0.1, 0.15) is 6.10 Å². The highest BCUT2D eigenvalue weighted by atomic mass is 16.7. The molecule has 1 aromatic carbocycles. The van der Waals surface area contributed by atoms with Crippen molar-refractivity contribution in [2.24, 2.45) is 11.8 Å². The van der Waals surface area contributed by atoms with Crippen LogP contribution in [0.25, 0.3) is 0 Å². The highest BCUT2D eigenvalue weighted by Crippen LogP contribution is 2.38. The average Bonchev–Trinajstić information content (AvgIpc) is 3.10. The van der Waals surface area contributed by atoms with Crippen LogP contribution in [0.2, 0.25) is 0 Å². The molecule has 1 N–H and O–H groups in total. The van der Waals surface area contributed by atoms with Crippen molar-refractivity contribution in [3.8, 4) is 0 Å². The van der Waals surface area contributed by atoms with E-state index in [1.165, 1.54) is 6.42 Å². The van der Waals surface area contributed by atoms with Crippen molar-refractivity contribution in [1.82, 2.24) is 0 Å². The second-order valence-corrected chi connectivity index (χ2v) is 8.05. The zero-order valence-electron chi connectivity index (χ0n) is 16.4. The first-order valence-electron chi connectivity index (χ1n) is 10.2. The summed E-state index contributed by atoms with van der Waals surface area (Å²) in [4.78, 5) is 12.8. The van der Waals surface area contributed by atoms with Gasteiger partial charge < -0.3 is 19.3 Å². The summed E-state index contributed by atoms with van der Waals surface area (Å²) in [7, 11) is 0. The molecule has 0 unspecified atom stereocenters. The third kappa shape index (κ3) is 5.17. The molecular formula is C22H32O5. The van der Waals surface area contributed by atoms with Crippen LogP contribution < -0.4 is 0 Å². The predicted octanol–water partition coefficient (Wildman–Crippen LogP) is 3.48. The molecule has 0 bridgehead atoms. The van der Waals surface area contributed by atoms with E-state index in [0.717, 1.165) is 31.2 Å². The van der Waals surface area contributed by atoms with Gasteiger partial charge in [0.2, 0.25) is 0 Å². The molecule has 0 amide bonds. The van der Waals surface area contributed by atoms with Crippen molar-refractivity contribution in [1.29, 1.82) is 0 Å². The molecule has 2 aliphatic rings. The molecule has 1 heterocycles. The number of carbonyl (C=O) groups excluding carboxylic acids is 1. The van der Waals surface area contributed by atoms with E-state index in [2.05, 4.69) is 0 Å². The topological polar surface area (TPSA) is 65.0 Å². The molecule has 1 aromatic rings. The minimum atomic E-state index is -0.764. The Morgan fingerprint density at radius 2 is 1.93 bits per heavy atom. The van der Waals surface area contributed by atoms with Gasteiger partial charge in [-0.25, -0.2) is 0 Å². The number of ketones is 1. The maximum atomic E-state index is 12.8. The maximum Gasteiger partial charge on any atom is 0.169 e. The van der Waals surface area contributed by atoms with Crippen LogP contribution >= 0.6 is 0 Å². The van der Waals surface area contributed by atoms with Gasteiger partial charge in [0.05, 0.1) is 25.9 Å². The van der Waals surface area contributed by atoms with E-state index in [1.807, 2.05) is 37.3 Å². The smallest absolute Gasteiger partial charge is 0.169 e. The van der Waals surface area contributed by atoms with Crippen LogP contribution in [0.3, 0.4) is 0 Å². The molecule has 1 saturated heterocycles. The summed E-state index contributed by atoms with van der Waals surface area (Å²) >= 11 is 0. The highest BCUT2D eigenvalue weighted by molar-refractivity contribution is 5.86. The lowest BCUT2D eigenvalue weighted by Crippen LogP contribution is -2.41. The molecule has 1 spiro atoms. The van der Waals surface area contributed by atoms with Crippen molar-refractivity contribution >= 4 is 5.78 Å². The van der Waals surface area contributed by atoms with E-state index in [0.29, 0.717) is 19.8 Å². The Balaban J connectivity index is 1.45. The van der Waals surface area contributed by atoms with Crippen LogP contribution in [-0.4, -0.2) is 42.1 Å².